The van der Waals surface area contributed by atoms with E-state index < -0.39 is 5.79 Å². The Morgan fingerprint density at radius 3 is 2.77 bits per heavy atom. The maximum atomic E-state index is 6.20. The average Bonchev–Trinajstić information content (AvgIpc) is 3.02. The summed E-state index contributed by atoms with van der Waals surface area (Å²) in [6.45, 7) is 5.85. The van der Waals surface area contributed by atoms with Crippen LogP contribution in [0.1, 0.15) is 27.0 Å². The molecular weight excluding hydrogens is 421 g/mol. The lowest BCUT2D eigenvalue weighted by Gasteiger charge is -2.24. The largest absolute Gasteiger partial charge is 0.349 e. The molecule has 0 aliphatic carbocycles. The van der Waals surface area contributed by atoms with Crippen LogP contribution in [0, 0.1) is 3.57 Å². The molecule has 0 saturated carbocycles. The van der Waals surface area contributed by atoms with Crippen molar-refractivity contribution in [1.82, 2.24) is 14.5 Å². The van der Waals surface area contributed by atoms with Crippen molar-refractivity contribution in [1.29, 1.82) is 0 Å². The first-order valence-electron chi connectivity index (χ1n) is 7.05. The summed E-state index contributed by atoms with van der Waals surface area (Å²) < 4.78 is 21.0. The molecule has 2 aromatic heterocycles. The van der Waals surface area contributed by atoms with Gasteiger partial charge in [-0.2, -0.15) is 0 Å². The Morgan fingerprint density at radius 1 is 1.27 bits per heavy atom. The Kier molecular flexibility index (Phi) is 3.43. The molecule has 4 rings (SSSR count). The standard InChI is InChI=1S/C14H15ClIN3O3/c1-6-9-10(22-14(2,3)21-9)13(20-6)19-4-7(16)8-11(15)17-5-18-12(8)19/h4-6,9-10,13H,1-3H3/t6-,9+,10+,13+/m0/s1. The van der Waals surface area contributed by atoms with Crippen molar-refractivity contribution in [2.24, 2.45) is 0 Å². The second-order valence-corrected chi connectivity index (χ2v) is 7.56. The predicted octanol–water partition coefficient (Wildman–Crippen LogP) is 3.13. The third kappa shape index (κ3) is 2.17. The van der Waals surface area contributed by atoms with E-state index in [4.69, 9.17) is 25.8 Å². The van der Waals surface area contributed by atoms with Crippen LogP contribution < -0.4 is 0 Å². The molecule has 0 unspecified atom stereocenters. The first kappa shape index (κ1) is 15.1. The highest BCUT2D eigenvalue weighted by atomic mass is 127. The van der Waals surface area contributed by atoms with Gasteiger partial charge >= 0.3 is 0 Å². The SMILES string of the molecule is C[C@@H]1O[C@@H](n2cc(I)c3c(Cl)ncnc32)[C@@H]2OC(C)(C)O[C@@H]21. The fourth-order valence-corrected chi connectivity index (χ4v) is 4.38. The normalized spacial score (nSPS) is 33.5. The Labute approximate surface area is 146 Å². The molecule has 0 amide bonds. The molecule has 22 heavy (non-hydrogen) atoms. The van der Waals surface area contributed by atoms with E-state index in [0.717, 1.165) is 14.6 Å². The van der Waals surface area contributed by atoms with Crippen LogP contribution in [-0.2, 0) is 14.2 Å². The molecule has 2 saturated heterocycles. The van der Waals surface area contributed by atoms with Gasteiger partial charge in [0.05, 0.1) is 11.5 Å². The van der Waals surface area contributed by atoms with Crippen LogP contribution in [0.15, 0.2) is 12.5 Å². The van der Waals surface area contributed by atoms with Gasteiger partial charge in [-0.1, -0.05) is 11.6 Å². The van der Waals surface area contributed by atoms with E-state index in [9.17, 15) is 0 Å². The average molecular weight is 436 g/mol. The number of ether oxygens (including phenoxy) is 3. The number of rotatable bonds is 1. The molecule has 2 aromatic rings. The van der Waals surface area contributed by atoms with Crippen molar-refractivity contribution in [2.45, 2.75) is 51.1 Å². The van der Waals surface area contributed by atoms with E-state index in [1.807, 2.05) is 31.5 Å². The van der Waals surface area contributed by atoms with E-state index in [-0.39, 0.29) is 24.5 Å². The van der Waals surface area contributed by atoms with Gasteiger partial charge in [-0.25, -0.2) is 9.97 Å². The van der Waals surface area contributed by atoms with Crippen molar-refractivity contribution in [2.75, 3.05) is 0 Å². The minimum atomic E-state index is -0.603. The Balaban J connectivity index is 1.81. The zero-order valence-corrected chi connectivity index (χ0v) is 15.2. The third-order valence-corrected chi connectivity index (χ3v) is 5.16. The minimum absolute atomic E-state index is 0.0517. The van der Waals surface area contributed by atoms with Crippen LogP contribution in [0.3, 0.4) is 0 Å². The van der Waals surface area contributed by atoms with Crippen LogP contribution >= 0.6 is 34.2 Å². The Hall–Kier alpha value is -0.480. The number of nitrogens with zero attached hydrogens (tertiary/aromatic N) is 3. The molecule has 2 aliphatic heterocycles. The summed E-state index contributed by atoms with van der Waals surface area (Å²) in [4.78, 5) is 8.42. The molecule has 0 bridgehead atoms. The Bertz CT molecular complexity index is 750. The molecule has 4 atom stereocenters. The van der Waals surface area contributed by atoms with Gasteiger partial charge in [-0.05, 0) is 43.4 Å². The molecular formula is C14H15ClIN3O3. The fraction of sp³-hybridized carbons (Fsp3) is 0.571. The van der Waals surface area contributed by atoms with Gasteiger partial charge in [-0.3, -0.25) is 0 Å². The van der Waals surface area contributed by atoms with Crippen molar-refractivity contribution in [3.63, 3.8) is 0 Å². The van der Waals surface area contributed by atoms with Crippen LogP contribution in [0.4, 0.5) is 0 Å². The smallest absolute Gasteiger partial charge is 0.164 e. The molecule has 4 heterocycles. The molecule has 6 nitrogen and oxygen atoms in total. The zero-order chi connectivity index (χ0) is 15.6. The molecule has 0 spiro atoms. The number of fused-ring (bicyclic) bond motifs is 2. The monoisotopic (exact) mass is 435 g/mol. The summed E-state index contributed by atoms with van der Waals surface area (Å²) in [5.41, 5.74) is 0.746. The maximum absolute atomic E-state index is 6.20. The highest BCUT2D eigenvalue weighted by Crippen LogP contribution is 2.44. The fourth-order valence-electron chi connectivity index (χ4n) is 3.20. The van der Waals surface area contributed by atoms with E-state index in [1.165, 1.54) is 6.33 Å². The van der Waals surface area contributed by atoms with Crippen LogP contribution in [0.5, 0.6) is 0 Å². The second-order valence-electron chi connectivity index (χ2n) is 6.04. The highest BCUT2D eigenvalue weighted by molar-refractivity contribution is 14.1. The lowest BCUT2D eigenvalue weighted by molar-refractivity contribution is -0.194. The van der Waals surface area contributed by atoms with Crippen molar-refractivity contribution in [3.8, 4) is 0 Å². The minimum Gasteiger partial charge on any atom is -0.349 e. The third-order valence-electron chi connectivity index (χ3n) is 4.05. The van der Waals surface area contributed by atoms with Gasteiger partial charge in [0.1, 0.15) is 29.3 Å². The van der Waals surface area contributed by atoms with E-state index in [2.05, 4.69) is 32.6 Å². The van der Waals surface area contributed by atoms with Gasteiger partial charge < -0.3 is 18.8 Å². The van der Waals surface area contributed by atoms with Crippen LogP contribution in [0.25, 0.3) is 11.0 Å². The van der Waals surface area contributed by atoms with Gasteiger partial charge in [0.2, 0.25) is 0 Å². The zero-order valence-electron chi connectivity index (χ0n) is 12.3. The second kappa shape index (κ2) is 5.01. The molecule has 0 radical (unpaired) electrons. The number of halogens is 2. The molecule has 0 N–H and O–H groups in total. The van der Waals surface area contributed by atoms with Crippen LogP contribution in [0.2, 0.25) is 5.15 Å². The topological polar surface area (TPSA) is 58.4 Å². The van der Waals surface area contributed by atoms with E-state index in [0.29, 0.717) is 5.15 Å². The summed E-state index contributed by atoms with van der Waals surface area (Å²) >= 11 is 8.43. The summed E-state index contributed by atoms with van der Waals surface area (Å²) in [6.07, 6.45) is 2.82. The van der Waals surface area contributed by atoms with E-state index in [1.54, 1.807) is 0 Å². The van der Waals surface area contributed by atoms with Gasteiger partial charge in [0.25, 0.3) is 0 Å². The number of hydrogen-bond acceptors (Lipinski definition) is 5. The lowest BCUT2D eigenvalue weighted by Crippen LogP contribution is -2.27. The quantitative estimate of drug-likeness (QED) is 0.509. The van der Waals surface area contributed by atoms with Crippen molar-refractivity contribution in [3.05, 3.63) is 21.2 Å². The van der Waals surface area contributed by atoms with Crippen LogP contribution in [-0.4, -0.2) is 38.6 Å². The maximum Gasteiger partial charge on any atom is 0.164 e. The summed E-state index contributed by atoms with van der Waals surface area (Å²) in [5, 5.41) is 1.28. The van der Waals surface area contributed by atoms with E-state index >= 15 is 0 Å². The Morgan fingerprint density at radius 2 is 2.00 bits per heavy atom. The van der Waals surface area contributed by atoms with Gasteiger partial charge in [0, 0.05) is 9.77 Å². The molecule has 0 aromatic carbocycles. The lowest BCUT2D eigenvalue weighted by atomic mass is 10.1. The first-order chi connectivity index (χ1) is 10.4. The van der Waals surface area contributed by atoms with Gasteiger partial charge in [-0.15, -0.1) is 0 Å². The molecule has 8 heteroatoms. The predicted molar refractivity (Wildman–Crippen MR) is 88.7 cm³/mol. The summed E-state index contributed by atoms with van der Waals surface area (Å²) in [7, 11) is 0. The van der Waals surface area contributed by atoms with Gasteiger partial charge in [0.15, 0.2) is 12.0 Å². The molecule has 118 valence electrons. The summed E-state index contributed by atoms with van der Waals surface area (Å²) in [5.74, 6) is -0.603. The number of aromatic nitrogens is 3. The van der Waals surface area contributed by atoms with Crippen molar-refractivity contribution >= 4 is 45.2 Å². The highest BCUT2D eigenvalue weighted by Gasteiger charge is 2.54. The molecule has 2 fully saturated rings. The molecule has 2 aliphatic rings. The van der Waals surface area contributed by atoms with Crippen molar-refractivity contribution < 1.29 is 14.2 Å². The summed E-state index contributed by atoms with van der Waals surface area (Å²) in [6, 6.07) is 0. The number of hydrogen-bond donors (Lipinski definition) is 0. The first-order valence-corrected chi connectivity index (χ1v) is 8.51.